The number of para-hydroxylation sites is 1. The van der Waals surface area contributed by atoms with Crippen LogP contribution < -0.4 is 9.64 Å². The summed E-state index contributed by atoms with van der Waals surface area (Å²) in [5.74, 6) is 0.858. The van der Waals surface area contributed by atoms with Crippen molar-refractivity contribution >= 4 is 27.5 Å². The fraction of sp³-hybridized carbons (Fsp3) is 0.278. The van der Waals surface area contributed by atoms with E-state index < -0.39 is 0 Å². The molecule has 0 fully saturated rings. The molecule has 0 saturated heterocycles. The molecule has 1 heterocycles. The van der Waals surface area contributed by atoms with Gasteiger partial charge >= 0.3 is 0 Å². The van der Waals surface area contributed by atoms with Gasteiger partial charge in [-0.15, -0.1) is 0 Å². The summed E-state index contributed by atoms with van der Waals surface area (Å²) in [6.07, 6.45) is 0.668. The fourth-order valence-electron chi connectivity index (χ4n) is 2.95. The van der Waals surface area contributed by atoms with Gasteiger partial charge < -0.3 is 9.64 Å². The van der Waals surface area contributed by atoms with Crippen molar-refractivity contribution in [1.29, 1.82) is 0 Å². The maximum Gasteiger partial charge on any atom is 0.234 e. The highest BCUT2D eigenvalue weighted by Crippen LogP contribution is 2.39. The van der Waals surface area contributed by atoms with Crippen LogP contribution in [-0.2, 0) is 11.2 Å². The SMILES string of the molecule is CCOc1ccc(Br)c(CC2C(=O)N(C)c3ccccc32)c1. The number of fused-ring (bicyclic) bond motifs is 1. The van der Waals surface area contributed by atoms with Crippen molar-refractivity contribution in [2.45, 2.75) is 19.3 Å². The molecule has 1 aliphatic heterocycles. The van der Waals surface area contributed by atoms with E-state index >= 15 is 0 Å². The minimum atomic E-state index is -0.130. The molecule has 2 aromatic carbocycles. The summed E-state index contributed by atoms with van der Waals surface area (Å²) in [5.41, 5.74) is 3.20. The number of nitrogens with zero attached hydrogens (tertiary/aromatic N) is 1. The average molecular weight is 360 g/mol. The Kier molecular flexibility index (Phi) is 4.21. The summed E-state index contributed by atoms with van der Waals surface area (Å²) >= 11 is 3.58. The lowest BCUT2D eigenvalue weighted by molar-refractivity contribution is -0.119. The van der Waals surface area contributed by atoms with Crippen LogP contribution >= 0.6 is 15.9 Å². The second kappa shape index (κ2) is 6.13. The van der Waals surface area contributed by atoms with Gasteiger partial charge in [0.2, 0.25) is 5.91 Å². The lowest BCUT2D eigenvalue weighted by Crippen LogP contribution is -2.24. The number of hydrogen-bond donors (Lipinski definition) is 0. The Bertz CT molecular complexity index is 714. The van der Waals surface area contributed by atoms with Crippen molar-refractivity contribution in [2.75, 3.05) is 18.6 Å². The lowest BCUT2D eigenvalue weighted by atomic mass is 9.93. The molecule has 114 valence electrons. The van der Waals surface area contributed by atoms with E-state index in [4.69, 9.17) is 4.74 Å². The number of ether oxygens (including phenoxy) is 1. The van der Waals surface area contributed by atoms with E-state index in [-0.39, 0.29) is 11.8 Å². The van der Waals surface area contributed by atoms with Crippen LogP contribution in [0.15, 0.2) is 46.9 Å². The molecule has 1 unspecified atom stereocenters. The Morgan fingerprint density at radius 2 is 2.00 bits per heavy atom. The molecule has 3 nitrogen and oxygen atoms in total. The van der Waals surface area contributed by atoms with E-state index in [9.17, 15) is 4.79 Å². The van der Waals surface area contributed by atoms with Crippen LogP contribution in [0, 0.1) is 0 Å². The summed E-state index contributed by atoms with van der Waals surface area (Å²) in [5, 5.41) is 0. The van der Waals surface area contributed by atoms with Crippen molar-refractivity contribution in [2.24, 2.45) is 0 Å². The minimum Gasteiger partial charge on any atom is -0.494 e. The van der Waals surface area contributed by atoms with E-state index in [1.807, 2.05) is 56.4 Å². The highest BCUT2D eigenvalue weighted by molar-refractivity contribution is 9.10. The Hall–Kier alpha value is -1.81. The van der Waals surface area contributed by atoms with Crippen molar-refractivity contribution in [1.82, 2.24) is 0 Å². The maximum atomic E-state index is 12.6. The first-order chi connectivity index (χ1) is 10.6. The van der Waals surface area contributed by atoms with Gasteiger partial charge in [0.25, 0.3) is 0 Å². The summed E-state index contributed by atoms with van der Waals surface area (Å²) in [6.45, 7) is 2.60. The van der Waals surface area contributed by atoms with Crippen LogP contribution in [0.5, 0.6) is 5.75 Å². The third-order valence-electron chi connectivity index (χ3n) is 4.05. The predicted molar refractivity (Wildman–Crippen MR) is 91.6 cm³/mol. The van der Waals surface area contributed by atoms with Crippen molar-refractivity contribution in [3.05, 3.63) is 58.1 Å². The largest absolute Gasteiger partial charge is 0.494 e. The van der Waals surface area contributed by atoms with Crippen LogP contribution in [0.3, 0.4) is 0 Å². The molecule has 0 aliphatic carbocycles. The monoisotopic (exact) mass is 359 g/mol. The van der Waals surface area contributed by atoms with Crippen LogP contribution in [0.4, 0.5) is 5.69 Å². The van der Waals surface area contributed by atoms with Gasteiger partial charge in [0.05, 0.1) is 12.5 Å². The van der Waals surface area contributed by atoms with E-state index in [2.05, 4.69) is 15.9 Å². The molecule has 1 atom stereocenters. The summed E-state index contributed by atoms with van der Waals surface area (Å²) in [7, 11) is 1.84. The fourth-order valence-corrected chi connectivity index (χ4v) is 3.36. The zero-order valence-corrected chi connectivity index (χ0v) is 14.3. The molecule has 0 bridgehead atoms. The molecular weight excluding hydrogens is 342 g/mol. The molecular formula is C18H18BrNO2. The number of halogens is 1. The van der Waals surface area contributed by atoms with E-state index in [0.29, 0.717) is 13.0 Å². The standard InChI is InChI=1S/C18H18BrNO2/c1-3-22-13-8-9-16(19)12(10-13)11-15-14-6-4-5-7-17(14)20(2)18(15)21/h4-10,15H,3,11H2,1-2H3. The highest BCUT2D eigenvalue weighted by atomic mass is 79.9. The predicted octanol–water partition coefficient (Wildman–Crippen LogP) is 4.15. The third kappa shape index (κ3) is 2.63. The number of likely N-dealkylation sites (N-methyl/N-ethyl adjacent to an activating group) is 1. The van der Waals surface area contributed by atoms with Crippen molar-refractivity contribution < 1.29 is 9.53 Å². The van der Waals surface area contributed by atoms with Crippen LogP contribution in [-0.4, -0.2) is 19.6 Å². The molecule has 1 amide bonds. The van der Waals surface area contributed by atoms with Crippen LogP contribution in [0.2, 0.25) is 0 Å². The number of amides is 1. The average Bonchev–Trinajstić information content (AvgIpc) is 2.76. The molecule has 1 aliphatic rings. The van der Waals surface area contributed by atoms with Crippen molar-refractivity contribution in [3.63, 3.8) is 0 Å². The number of hydrogen-bond acceptors (Lipinski definition) is 2. The van der Waals surface area contributed by atoms with Gasteiger partial charge in [-0.3, -0.25) is 4.79 Å². The smallest absolute Gasteiger partial charge is 0.234 e. The molecule has 0 radical (unpaired) electrons. The number of rotatable bonds is 4. The summed E-state index contributed by atoms with van der Waals surface area (Å²) in [4.78, 5) is 14.3. The van der Waals surface area contributed by atoms with Gasteiger partial charge in [0, 0.05) is 17.2 Å². The normalized spacial score (nSPS) is 16.8. The van der Waals surface area contributed by atoms with Gasteiger partial charge in [-0.05, 0) is 48.7 Å². The third-order valence-corrected chi connectivity index (χ3v) is 4.83. The molecule has 0 N–H and O–H groups in total. The van der Waals surface area contributed by atoms with E-state index in [1.165, 1.54) is 0 Å². The van der Waals surface area contributed by atoms with Gasteiger partial charge in [0.1, 0.15) is 5.75 Å². The van der Waals surface area contributed by atoms with E-state index in [0.717, 1.165) is 27.0 Å². The summed E-state index contributed by atoms with van der Waals surface area (Å²) in [6, 6.07) is 13.9. The first-order valence-electron chi connectivity index (χ1n) is 7.39. The molecule has 22 heavy (non-hydrogen) atoms. The van der Waals surface area contributed by atoms with Gasteiger partial charge in [-0.2, -0.15) is 0 Å². The van der Waals surface area contributed by atoms with Gasteiger partial charge in [-0.1, -0.05) is 34.1 Å². The zero-order valence-electron chi connectivity index (χ0n) is 12.7. The molecule has 3 rings (SSSR count). The minimum absolute atomic E-state index is 0.130. The Morgan fingerprint density at radius 1 is 1.23 bits per heavy atom. The number of benzene rings is 2. The number of anilines is 1. The Balaban J connectivity index is 1.93. The Morgan fingerprint density at radius 3 is 2.77 bits per heavy atom. The quantitative estimate of drug-likeness (QED) is 0.820. The van der Waals surface area contributed by atoms with Crippen molar-refractivity contribution in [3.8, 4) is 5.75 Å². The highest BCUT2D eigenvalue weighted by Gasteiger charge is 2.35. The van der Waals surface area contributed by atoms with Crippen LogP contribution in [0.25, 0.3) is 0 Å². The second-order valence-corrected chi connectivity index (χ2v) is 6.25. The number of carbonyl (C=O) groups excluding carboxylic acids is 1. The number of carbonyl (C=O) groups is 1. The lowest BCUT2D eigenvalue weighted by Gasteiger charge is -2.13. The maximum absolute atomic E-state index is 12.6. The van der Waals surface area contributed by atoms with Gasteiger partial charge in [-0.25, -0.2) is 0 Å². The topological polar surface area (TPSA) is 29.5 Å². The molecule has 4 heteroatoms. The molecule has 0 spiro atoms. The molecule has 0 saturated carbocycles. The first-order valence-corrected chi connectivity index (χ1v) is 8.18. The van der Waals surface area contributed by atoms with E-state index in [1.54, 1.807) is 4.90 Å². The summed E-state index contributed by atoms with van der Waals surface area (Å²) < 4.78 is 6.58. The van der Waals surface area contributed by atoms with Crippen LogP contribution in [0.1, 0.15) is 24.0 Å². The molecule has 0 aromatic heterocycles. The zero-order chi connectivity index (χ0) is 15.7. The first kappa shape index (κ1) is 15.1. The Labute approximate surface area is 139 Å². The second-order valence-electron chi connectivity index (χ2n) is 5.40. The molecule has 2 aromatic rings. The van der Waals surface area contributed by atoms with Gasteiger partial charge in [0.15, 0.2) is 0 Å².